The molecule has 2 aromatic rings. The van der Waals surface area contributed by atoms with E-state index in [0.717, 1.165) is 30.9 Å². The summed E-state index contributed by atoms with van der Waals surface area (Å²) >= 11 is 0. The molecule has 4 nitrogen and oxygen atoms in total. The Morgan fingerprint density at radius 2 is 2.22 bits per heavy atom. The molecular formula is C14H21N3O. The Bertz CT molecular complexity index is 519. The van der Waals surface area contributed by atoms with Gasteiger partial charge >= 0.3 is 0 Å². The number of benzene rings is 1. The molecule has 0 fully saturated rings. The van der Waals surface area contributed by atoms with Crippen molar-refractivity contribution in [3.63, 3.8) is 0 Å². The highest BCUT2D eigenvalue weighted by Gasteiger charge is 2.04. The van der Waals surface area contributed by atoms with Crippen LogP contribution in [-0.4, -0.2) is 29.8 Å². The van der Waals surface area contributed by atoms with Crippen LogP contribution >= 0.6 is 0 Å². The highest BCUT2D eigenvalue weighted by atomic mass is 16.5. The van der Waals surface area contributed by atoms with Crippen LogP contribution in [-0.2, 0) is 18.4 Å². The number of aryl methyl sites for hydroxylation is 2. The topological polar surface area (TPSA) is 39.1 Å². The van der Waals surface area contributed by atoms with E-state index in [1.165, 1.54) is 11.1 Å². The van der Waals surface area contributed by atoms with E-state index in [1.807, 2.05) is 21.0 Å². The lowest BCUT2D eigenvalue weighted by molar-refractivity contribution is 0.119. The molecule has 0 bridgehead atoms. The van der Waals surface area contributed by atoms with Crippen LogP contribution in [0.4, 0.5) is 0 Å². The van der Waals surface area contributed by atoms with E-state index in [-0.39, 0.29) is 0 Å². The molecular weight excluding hydrogens is 226 g/mol. The second-order valence-electron chi connectivity index (χ2n) is 4.55. The van der Waals surface area contributed by atoms with Crippen LogP contribution < -0.4 is 5.32 Å². The summed E-state index contributed by atoms with van der Waals surface area (Å²) in [6.45, 7) is 4.47. The first kappa shape index (κ1) is 13.1. The number of aromatic nitrogens is 2. The predicted molar refractivity (Wildman–Crippen MR) is 73.7 cm³/mol. The zero-order chi connectivity index (χ0) is 13.0. The Morgan fingerprint density at radius 3 is 3.00 bits per heavy atom. The molecule has 0 atom stereocenters. The van der Waals surface area contributed by atoms with E-state index >= 15 is 0 Å². The van der Waals surface area contributed by atoms with Crippen LogP contribution in [0.15, 0.2) is 18.2 Å². The molecule has 0 aliphatic heterocycles. The largest absolute Gasteiger partial charge is 0.377 e. The molecule has 1 aromatic heterocycles. The van der Waals surface area contributed by atoms with Crippen LogP contribution in [0.1, 0.15) is 17.8 Å². The van der Waals surface area contributed by atoms with Gasteiger partial charge in [0.15, 0.2) is 0 Å². The van der Waals surface area contributed by atoms with Gasteiger partial charge in [-0.3, -0.25) is 0 Å². The molecule has 1 heterocycles. The molecule has 2 rings (SSSR count). The first-order valence-electron chi connectivity index (χ1n) is 6.36. The maximum atomic E-state index is 5.63. The maximum Gasteiger partial charge on any atom is 0.106 e. The minimum Gasteiger partial charge on any atom is -0.377 e. The molecule has 0 saturated carbocycles. The van der Waals surface area contributed by atoms with Gasteiger partial charge in [0.05, 0.1) is 17.6 Å². The first-order chi connectivity index (χ1) is 8.72. The van der Waals surface area contributed by atoms with Gasteiger partial charge in [-0.05, 0) is 44.6 Å². The third-order valence-corrected chi connectivity index (χ3v) is 3.15. The fourth-order valence-corrected chi connectivity index (χ4v) is 2.00. The second kappa shape index (κ2) is 5.98. The monoisotopic (exact) mass is 247 g/mol. The van der Waals surface area contributed by atoms with Gasteiger partial charge in [0, 0.05) is 13.7 Å². The molecule has 0 spiro atoms. The number of nitrogens with zero attached hydrogens (tertiary/aromatic N) is 2. The van der Waals surface area contributed by atoms with Gasteiger partial charge in [0.2, 0.25) is 0 Å². The van der Waals surface area contributed by atoms with Gasteiger partial charge in [0.25, 0.3) is 0 Å². The van der Waals surface area contributed by atoms with Crippen LogP contribution in [0.2, 0.25) is 0 Å². The molecule has 0 saturated heterocycles. The SMILES string of the molecule is CNCCCOCc1ccc2c(c1)nc(C)n2C. The summed E-state index contributed by atoms with van der Waals surface area (Å²) in [6.07, 6.45) is 1.04. The van der Waals surface area contributed by atoms with Crippen LogP contribution in [0.3, 0.4) is 0 Å². The number of ether oxygens (including phenoxy) is 1. The smallest absolute Gasteiger partial charge is 0.106 e. The molecule has 98 valence electrons. The average Bonchev–Trinajstić information content (AvgIpc) is 2.65. The van der Waals surface area contributed by atoms with Crippen molar-refractivity contribution < 1.29 is 4.74 Å². The summed E-state index contributed by atoms with van der Waals surface area (Å²) in [5, 5.41) is 3.11. The standard InChI is InChI=1S/C14H21N3O/c1-11-16-13-9-12(5-6-14(13)17(11)3)10-18-8-4-7-15-2/h5-6,9,15H,4,7-8,10H2,1-3H3. The lowest BCUT2D eigenvalue weighted by atomic mass is 10.2. The first-order valence-corrected chi connectivity index (χ1v) is 6.36. The summed E-state index contributed by atoms with van der Waals surface area (Å²) in [4.78, 5) is 4.53. The van der Waals surface area contributed by atoms with E-state index in [2.05, 4.69) is 33.1 Å². The zero-order valence-corrected chi connectivity index (χ0v) is 11.4. The van der Waals surface area contributed by atoms with E-state index in [4.69, 9.17) is 4.74 Å². The fraction of sp³-hybridized carbons (Fsp3) is 0.500. The number of nitrogens with one attached hydrogen (secondary N) is 1. The Kier molecular flexibility index (Phi) is 4.33. The quantitative estimate of drug-likeness (QED) is 0.794. The number of hydrogen-bond acceptors (Lipinski definition) is 3. The predicted octanol–water partition coefficient (Wildman–Crippen LogP) is 2.01. The van der Waals surface area contributed by atoms with E-state index in [0.29, 0.717) is 6.61 Å². The molecule has 0 amide bonds. The Labute approximate surface area is 108 Å². The van der Waals surface area contributed by atoms with Gasteiger partial charge < -0.3 is 14.6 Å². The molecule has 4 heteroatoms. The second-order valence-corrected chi connectivity index (χ2v) is 4.55. The third-order valence-electron chi connectivity index (χ3n) is 3.15. The highest BCUT2D eigenvalue weighted by Crippen LogP contribution is 2.16. The Balaban J connectivity index is 1.98. The number of fused-ring (bicyclic) bond motifs is 1. The lowest BCUT2D eigenvalue weighted by Crippen LogP contribution is -2.10. The molecule has 0 aliphatic carbocycles. The van der Waals surface area contributed by atoms with Crippen molar-refractivity contribution in [2.45, 2.75) is 20.0 Å². The molecule has 0 aliphatic rings. The minimum atomic E-state index is 0.662. The fourth-order valence-electron chi connectivity index (χ4n) is 2.00. The summed E-state index contributed by atoms with van der Waals surface area (Å²) in [7, 11) is 4.00. The van der Waals surface area contributed by atoms with Gasteiger partial charge in [-0.1, -0.05) is 6.07 Å². The number of imidazole rings is 1. The highest BCUT2D eigenvalue weighted by molar-refractivity contribution is 5.76. The van der Waals surface area contributed by atoms with Crippen molar-refractivity contribution in [1.29, 1.82) is 0 Å². The molecule has 0 unspecified atom stereocenters. The van der Waals surface area contributed by atoms with Crippen molar-refractivity contribution in [2.75, 3.05) is 20.2 Å². The summed E-state index contributed by atoms with van der Waals surface area (Å²) in [6, 6.07) is 6.34. The van der Waals surface area contributed by atoms with Crippen molar-refractivity contribution in [3.05, 3.63) is 29.6 Å². The van der Waals surface area contributed by atoms with E-state index in [9.17, 15) is 0 Å². The summed E-state index contributed by atoms with van der Waals surface area (Å²) < 4.78 is 7.74. The summed E-state index contributed by atoms with van der Waals surface area (Å²) in [5.41, 5.74) is 3.41. The molecule has 1 N–H and O–H groups in total. The average molecular weight is 247 g/mol. The zero-order valence-electron chi connectivity index (χ0n) is 11.4. The van der Waals surface area contributed by atoms with E-state index in [1.54, 1.807) is 0 Å². The molecule has 0 radical (unpaired) electrons. The van der Waals surface area contributed by atoms with Gasteiger partial charge in [-0.2, -0.15) is 0 Å². The Hall–Kier alpha value is -1.39. The Morgan fingerprint density at radius 1 is 1.39 bits per heavy atom. The molecule has 1 aromatic carbocycles. The minimum absolute atomic E-state index is 0.662. The van der Waals surface area contributed by atoms with Crippen molar-refractivity contribution in [2.24, 2.45) is 7.05 Å². The number of rotatable bonds is 6. The van der Waals surface area contributed by atoms with Crippen molar-refractivity contribution >= 4 is 11.0 Å². The third kappa shape index (κ3) is 2.89. The number of hydrogen-bond donors (Lipinski definition) is 1. The van der Waals surface area contributed by atoms with Crippen molar-refractivity contribution in [3.8, 4) is 0 Å². The van der Waals surface area contributed by atoms with Crippen molar-refractivity contribution in [1.82, 2.24) is 14.9 Å². The van der Waals surface area contributed by atoms with E-state index < -0.39 is 0 Å². The molecule has 18 heavy (non-hydrogen) atoms. The van der Waals surface area contributed by atoms with Gasteiger partial charge in [-0.25, -0.2) is 4.98 Å². The summed E-state index contributed by atoms with van der Waals surface area (Å²) in [5.74, 6) is 1.04. The van der Waals surface area contributed by atoms with Crippen LogP contribution in [0.25, 0.3) is 11.0 Å². The lowest BCUT2D eigenvalue weighted by Gasteiger charge is -2.04. The van der Waals surface area contributed by atoms with Gasteiger partial charge in [-0.15, -0.1) is 0 Å². The normalized spacial score (nSPS) is 11.3. The maximum absolute atomic E-state index is 5.63. The van der Waals surface area contributed by atoms with Gasteiger partial charge in [0.1, 0.15) is 5.82 Å². The van der Waals surface area contributed by atoms with Crippen LogP contribution in [0, 0.1) is 6.92 Å². The van der Waals surface area contributed by atoms with Crippen LogP contribution in [0.5, 0.6) is 0 Å².